The quantitative estimate of drug-likeness (QED) is 0.171. The summed E-state index contributed by atoms with van der Waals surface area (Å²) >= 11 is 1.88. The Balaban J connectivity index is 1.02. The first-order chi connectivity index (χ1) is 27.7. The second-order valence-electron chi connectivity index (χ2n) is 14.0. The van der Waals surface area contributed by atoms with Crippen molar-refractivity contribution >= 4 is 53.3 Å². The molecule has 11 rings (SSSR count). The molecule has 0 bridgehead atoms. The van der Waals surface area contributed by atoms with Crippen LogP contribution in [0.15, 0.2) is 194 Å². The molecule has 3 aromatic heterocycles. The Kier molecular flexibility index (Phi) is 7.64. The van der Waals surface area contributed by atoms with Gasteiger partial charge in [0.15, 0.2) is 17.5 Å². The van der Waals surface area contributed by atoms with Crippen molar-refractivity contribution in [1.29, 1.82) is 0 Å². The standard InChI is InChI=1S/C51H32N4S/c1-3-14-33(15-4-1)49-52-50(34-16-5-2-6-17-34)54-51(53-49)38-20-11-18-35(30-38)36-19-12-21-39(31-36)55-45-26-9-7-22-41(45)44-32-37(28-29-46(44)55)40-24-13-25-43-42-23-8-10-27-47(42)56-48(40)43/h1-32H. The van der Waals surface area contributed by atoms with Crippen LogP contribution in [0.5, 0.6) is 0 Å². The van der Waals surface area contributed by atoms with Gasteiger partial charge in [0, 0.05) is 53.3 Å². The molecule has 5 heteroatoms. The van der Waals surface area contributed by atoms with Gasteiger partial charge >= 0.3 is 0 Å². The fourth-order valence-electron chi connectivity index (χ4n) is 7.99. The van der Waals surface area contributed by atoms with E-state index < -0.39 is 0 Å². The van der Waals surface area contributed by atoms with Gasteiger partial charge in [-0.1, -0.05) is 152 Å². The number of rotatable bonds is 6. The van der Waals surface area contributed by atoms with Crippen LogP contribution in [0, 0.1) is 0 Å². The minimum Gasteiger partial charge on any atom is -0.309 e. The van der Waals surface area contributed by atoms with Gasteiger partial charge in [-0.05, 0) is 64.7 Å². The van der Waals surface area contributed by atoms with E-state index in [1.807, 2.05) is 72.0 Å². The molecule has 0 spiro atoms. The van der Waals surface area contributed by atoms with Crippen LogP contribution in [-0.2, 0) is 0 Å². The Morgan fingerprint density at radius 3 is 1.66 bits per heavy atom. The number of para-hydroxylation sites is 1. The van der Waals surface area contributed by atoms with Crippen LogP contribution in [0.1, 0.15) is 0 Å². The van der Waals surface area contributed by atoms with Crippen molar-refractivity contribution in [2.24, 2.45) is 0 Å². The van der Waals surface area contributed by atoms with Crippen molar-refractivity contribution in [2.75, 3.05) is 0 Å². The first-order valence-electron chi connectivity index (χ1n) is 18.8. The average Bonchev–Trinajstić information content (AvgIpc) is 3.83. The predicted molar refractivity (Wildman–Crippen MR) is 234 cm³/mol. The Bertz CT molecular complexity index is 3200. The van der Waals surface area contributed by atoms with Crippen molar-refractivity contribution in [3.05, 3.63) is 194 Å². The molecule has 0 aliphatic heterocycles. The number of thiophene rings is 1. The Morgan fingerprint density at radius 1 is 0.339 bits per heavy atom. The van der Waals surface area contributed by atoms with E-state index >= 15 is 0 Å². The molecule has 11 aromatic rings. The van der Waals surface area contributed by atoms with Gasteiger partial charge in [-0.25, -0.2) is 15.0 Å². The number of fused-ring (bicyclic) bond motifs is 6. The third-order valence-corrected chi connectivity index (χ3v) is 11.9. The molecule has 3 heterocycles. The Morgan fingerprint density at radius 2 is 0.893 bits per heavy atom. The highest BCUT2D eigenvalue weighted by molar-refractivity contribution is 7.26. The van der Waals surface area contributed by atoms with E-state index in [2.05, 4.69) is 138 Å². The van der Waals surface area contributed by atoms with Gasteiger partial charge in [0.05, 0.1) is 11.0 Å². The normalized spacial score (nSPS) is 11.6. The van der Waals surface area contributed by atoms with Crippen molar-refractivity contribution in [1.82, 2.24) is 19.5 Å². The zero-order valence-corrected chi connectivity index (χ0v) is 31.0. The molecule has 0 aliphatic carbocycles. The first-order valence-corrected chi connectivity index (χ1v) is 19.6. The predicted octanol–water partition coefficient (Wildman–Crippen LogP) is 13.7. The second kappa shape index (κ2) is 13.3. The van der Waals surface area contributed by atoms with Crippen molar-refractivity contribution in [3.63, 3.8) is 0 Å². The summed E-state index contributed by atoms with van der Waals surface area (Å²) in [5.41, 5.74) is 11.0. The second-order valence-corrected chi connectivity index (χ2v) is 15.1. The Hall–Kier alpha value is -7.21. The van der Waals surface area contributed by atoms with Gasteiger partial charge in [0.2, 0.25) is 0 Å². The van der Waals surface area contributed by atoms with Gasteiger partial charge < -0.3 is 4.57 Å². The van der Waals surface area contributed by atoms with Crippen LogP contribution in [0.2, 0.25) is 0 Å². The summed E-state index contributed by atoms with van der Waals surface area (Å²) in [6.45, 7) is 0. The average molecular weight is 733 g/mol. The summed E-state index contributed by atoms with van der Waals surface area (Å²) in [5, 5.41) is 5.11. The van der Waals surface area contributed by atoms with Gasteiger partial charge in [0.25, 0.3) is 0 Å². The van der Waals surface area contributed by atoms with Gasteiger partial charge in [-0.3, -0.25) is 0 Å². The van der Waals surface area contributed by atoms with Crippen molar-refractivity contribution in [3.8, 4) is 62.1 Å². The molecule has 56 heavy (non-hydrogen) atoms. The summed E-state index contributed by atoms with van der Waals surface area (Å²) in [7, 11) is 0. The molecule has 0 aliphatic rings. The van der Waals surface area contributed by atoms with E-state index in [1.165, 1.54) is 53.1 Å². The molecule has 8 aromatic carbocycles. The number of hydrogen-bond donors (Lipinski definition) is 0. The fourth-order valence-corrected chi connectivity index (χ4v) is 9.23. The molecule has 0 N–H and O–H groups in total. The van der Waals surface area contributed by atoms with Crippen LogP contribution in [-0.4, -0.2) is 19.5 Å². The number of hydrogen-bond acceptors (Lipinski definition) is 4. The molecule has 0 saturated heterocycles. The molecule has 4 nitrogen and oxygen atoms in total. The van der Waals surface area contributed by atoms with Crippen LogP contribution in [0.4, 0.5) is 0 Å². The third kappa shape index (κ3) is 5.48. The van der Waals surface area contributed by atoms with E-state index in [0.717, 1.165) is 33.5 Å². The SMILES string of the molecule is c1ccc(-c2nc(-c3ccccc3)nc(-c3cccc(-c4cccc(-n5c6ccccc6c6cc(-c7cccc8c7sc7ccccc78)ccc65)c4)c3)n2)cc1. The fraction of sp³-hybridized carbons (Fsp3) is 0. The lowest BCUT2D eigenvalue weighted by molar-refractivity contribution is 1.07. The van der Waals surface area contributed by atoms with Crippen molar-refractivity contribution in [2.45, 2.75) is 0 Å². The highest BCUT2D eigenvalue weighted by atomic mass is 32.1. The molecular weight excluding hydrogens is 701 g/mol. The van der Waals surface area contributed by atoms with Crippen LogP contribution in [0.25, 0.3) is 104 Å². The zero-order chi connectivity index (χ0) is 37.0. The maximum absolute atomic E-state index is 4.99. The van der Waals surface area contributed by atoms with E-state index in [-0.39, 0.29) is 0 Å². The molecular formula is C51H32N4S. The van der Waals surface area contributed by atoms with Gasteiger partial charge in [0.1, 0.15) is 0 Å². The monoisotopic (exact) mass is 732 g/mol. The van der Waals surface area contributed by atoms with Crippen LogP contribution >= 0.6 is 11.3 Å². The topological polar surface area (TPSA) is 43.6 Å². The number of aromatic nitrogens is 4. The maximum atomic E-state index is 4.99. The Labute approximate surface area is 327 Å². The largest absolute Gasteiger partial charge is 0.309 e. The maximum Gasteiger partial charge on any atom is 0.164 e. The number of nitrogens with zero attached hydrogens (tertiary/aromatic N) is 4. The molecule has 0 amide bonds. The van der Waals surface area contributed by atoms with Crippen molar-refractivity contribution < 1.29 is 0 Å². The van der Waals surface area contributed by atoms with Crippen LogP contribution in [0.3, 0.4) is 0 Å². The summed E-state index contributed by atoms with van der Waals surface area (Å²) in [6.07, 6.45) is 0. The minimum absolute atomic E-state index is 0.639. The molecule has 0 radical (unpaired) electrons. The molecule has 0 atom stereocenters. The molecule has 0 saturated carbocycles. The summed E-state index contributed by atoms with van der Waals surface area (Å²) in [4.78, 5) is 14.9. The zero-order valence-electron chi connectivity index (χ0n) is 30.2. The highest BCUT2D eigenvalue weighted by Crippen LogP contribution is 2.42. The van der Waals surface area contributed by atoms with Gasteiger partial charge in [-0.2, -0.15) is 0 Å². The van der Waals surface area contributed by atoms with E-state index in [1.54, 1.807) is 0 Å². The summed E-state index contributed by atoms with van der Waals surface area (Å²) in [5.74, 6) is 1.94. The molecule has 0 unspecified atom stereocenters. The van der Waals surface area contributed by atoms with E-state index in [0.29, 0.717) is 17.5 Å². The van der Waals surface area contributed by atoms with Gasteiger partial charge in [-0.15, -0.1) is 11.3 Å². The van der Waals surface area contributed by atoms with E-state index in [4.69, 9.17) is 15.0 Å². The lowest BCUT2D eigenvalue weighted by atomic mass is 10.0. The number of benzene rings is 8. The first kappa shape index (κ1) is 32.2. The van der Waals surface area contributed by atoms with Crippen LogP contribution < -0.4 is 0 Å². The smallest absolute Gasteiger partial charge is 0.164 e. The lowest BCUT2D eigenvalue weighted by Crippen LogP contribution is -2.00. The summed E-state index contributed by atoms with van der Waals surface area (Å²) < 4.78 is 5.04. The lowest BCUT2D eigenvalue weighted by Gasteiger charge is -2.12. The van der Waals surface area contributed by atoms with E-state index in [9.17, 15) is 0 Å². The summed E-state index contributed by atoms with van der Waals surface area (Å²) in [6, 6.07) is 68.7. The molecule has 262 valence electrons. The molecule has 0 fully saturated rings. The third-order valence-electron chi connectivity index (χ3n) is 10.6. The minimum atomic E-state index is 0.639. The highest BCUT2D eigenvalue weighted by Gasteiger charge is 2.17.